The summed E-state index contributed by atoms with van der Waals surface area (Å²) in [7, 11) is 1.80. The Bertz CT molecular complexity index is 628. The van der Waals surface area contributed by atoms with Crippen molar-refractivity contribution in [3.8, 4) is 0 Å². The third-order valence-electron chi connectivity index (χ3n) is 3.04. The predicted molar refractivity (Wildman–Crippen MR) is 80.5 cm³/mol. The quantitative estimate of drug-likeness (QED) is 0.929. The van der Waals surface area contributed by atoms with E-state index in [2.05, 4.69) is 10.1 Å². The summed E-state index contributed by atoms with van der Waals surface area (Å²) in [6.07, 6.45) is 1.62. The summed E-state index contributed by atoms with van der Waals surface area (Å²) in [5.41, 5.74) is 1.95. The average molecular weight is 335 g/mol. The van der Waals surface area contributed by atoms with Crippen molar-refractivity contribution in [1.29, 1.82) is 0 Å². The number of rotatable bonds is 4. The molecule has 0 fully saturated rings. The molecule has 2 aromatic heterocycles. The summed E-state index contributed by atoms with van der Waals surface area (Å²) < 4.78 is 1.67. The van der Waals surface area contributed by atoms with Crippen LogP contribution in [0.15, 0.2) is 12.3 Å². The molecule has 4 nitrogen and oxygen atoms in total. The molecule has 2 rings (SSSR count). The standard InChI is InChI=1S/C13H14Cl3N3O/c1-3-9-12(16)10(19(2)18-9)5-11(20)13-8(15)4-7(14)6-17-13/h4,6,11,20H,3,5H2,1-2H3. The Morgan fingerprint density at radius 1 is 1.35 bits per heavy atom. The summed E-state index contributed by atoms with van der Waals surface area (Å²) in [6, 6.07) is 1.55. The molecular formula is C13H14Cl3N3O. The van der Waals surface area contributed by atoms with Crippen LogP contribution >= 0.6 is 34.8 Å². The van der Waals surface area contributed by atoms with E-state index >= 15 is 0 Å². The van der Waals surface area contributed by atoms with Crippen molar-refractivity contribution in [2.24, 2.45) is 7.05 Å². The highest BCUT2D eigenvalue weighted by Gasteiger charge is 2.20. The molecule has 0 aliphatic heterocycles. The Kier molecular flexibility index (Phi) is 4.91. The Hall–Kier alpha value is -0.810. The Morgan fingerprint density at radius 3 is 2.60 bits per heavy atom. The lowest BCUT2D eigenvalue weighted by atomic mass is 10.1. The topological polar surface area (TPSA) is 50.9 Å². The monoisotopic (exact) mass is 333 g/mol. The van der Waals surface area contributed by atoms with Gasteiger partial charge in [-0.05, 0) is 12.5 Å². The number of aliphatic hydroxyl groups excluding tert-OH is 1. The maximum Gasteiger partial charge on any atom is 0.103 e. The molecule has 2 aromatic rings. The van der Waals surface area contributed by atoms with Crippen LogP contribution < -0.4 is 0 Å². The average Bonchev–Trinajstić information content (AvgIpc) is 2.66. The molecule has 0 amide bonds. The van der Waals surface area contributed by atoms with Crippen LogP contribution in [0, 0.1) is 0 Å². The minimum atomic E-state index is -0.864. The maximum absolute atomic E-state index is 10.3. The second-order valence-electron chi connectivity index (χ2n) is 4.43. The third-order valence-corrected chi connectivity index (χ3v) is 3.99. The van der Waals surface area contributed by atoms with E-state index in [0.29, 0.717) is 20.8 Å². The molecule has 0 radical (unpaired) electrons. The summed E-state index contributed by atoms with van der Waals surface area (Å²) >= 11 is 18.1. The smallest absolute Gasteiger partial charge is 0.103 e. The third kappa shape index (κ3) is 3.09. The molecule has 1 N–H and O–H groups in total. The zero-order valence-corrected chi connectivity index (χ0v) is 13.3. The van der Waals surface area contributed by atoms with Gasteiger partial charge in [-0.3, -0.25) is 9.67 Å². The van der Waals surface area contributed by atoms with E-state index in [1.54, 1.807) is 17.8 Å². The molecule has 0 saturated heterocycles. The van der Waals surface area contributed by atoms with Crippen LogP contribution in [0.2, 0.25) is 15.1 Å². The molecule has 20 heavy (non-hydrogen) atoms. The van der Waals surface area contributed by atoms with Crippen molar-refractivity contribution in [2.75, 3.05) is 0 Å². The number of halogens is 3. The fraction of sp³-hybridized carbons (Fsp3) is 0.385. The van der Waals surface area contributed by atoms with Gasteiger partial charge >= 0.3 is 0 Å². The van der Waals surface area contributed by atoms with Gasteiger partial charge in [0.1, 0.15) is 6.10 Å². The van der Waals surface area contributed by atoms with Gasteiger partial charge in [0.05, 0.1) is 32.1 Å². The van der Waals surface area contributed by atoms with Crippen molar-refractivity contribution < 1.29 is 5.11 Å². The van der Waals surface area contributed by atoms with Crippen LogP contribution in [-0.2, 0) is 19.9 Å². The molecule has 1 atom stereocenters. The molecule has 0 spiro atoms. The van der Waals surface area contributed by atoms with Gasteiger partial charge in [-0.2, -0.15) is 5.10 Å². The number of pyridine rings is 1. The van der Waals surface area contributed by atoms with Crippen LogP contribution in [0.1, 0.15) is 30.1 Å². The Morgan fingerprint density at radius 2 is 2.05 bits per heavy atom. The van der Waals surface area contributed by atoms with E-state index < -0.39 is 6.10 Å². The molecule has 7 heteroatoms. The summed E-state index contributed by atoms with van der Waals surface area (Å²) in [6.45, 7) is 1.98. The van der Waals surface area contributed by atoms with Gasteiger partial charge in [0.2, 0.25) is 0 Å². The number of aliphatic hydroxyl groups is 1. The van der Waals surface area contributed by atoms with Crippen molar-refractivity contribution >= 4 is 34.8 Å². The van der Waals surface area contributed by atoms with Crippen LogP contribution in [-0.4, -0.2) is 19.9 Å². The zero-order chi connectivity index (χ0) is 14.9. The lowest BCUT2D eigenvalue weighted by molar-refractivity contribution is 0.171. The van der Waals surface area contributed by atoms with Gasteiger partial charge in [0.25, 0.3) is 0 Å². The van der Waals surface area contributed by atoms with Crippen molar-refractivity contribution in [3.05, 3.63) is 44.4 Å². The van der Waals surface area contributed by atoms with Crippen LogP contribution in [0.5, 0.6) is 0 Å². The largest absolute Gasteiger partial charge is 0.386 e. The van der Waals surface area contributed by atoms with Gasteiger partial charge in [0, 0.05) is 19.7 Å². The van der Waals surface area contributed by atoms with Gasteiger partial charge in [-0.1, -0.05) is 41.7 Å². The number of hydrogen-bond donors (Lipinski definition) is 1. The van der Waals surface area contributed by atoms with E-state index in [-0.39, 0.29) is 6.42 Å². The van der Waals surface area contributed by atoms with E-state index in [1.165, 1.54) is 6.20 Å². The molecule has 0 aliphatic carbocycles. The number of nitrogens with zero attached hydrogens (tertiary/aromatic N) is 3. The lowest BCUT2D eigenvalue weighted by Gasteiger charge is -2.12. The molecule has 0 saturated carbocycles. The van der Waals surface area contributed by atoms with Gasteiger partial charge in [0.15, 0.2) is 0 Å². The van der Waals surface area contributed by atoms with E-state index in [9.17, 15) is 5.11 Å². The summed E-state index contributed by atoms with van der Waals surface area (Å²) in [5, 5.41) is 15.9. The Balaban J connectivity index is 2.27. The first-order valence-corrected chi connectivity index (χ1v) is 7.26. The first-order chi connectivity index (χ1) is 9.43. The molecule has 1 unspecified atom stereocenters. The summed E-state index contributed by atoms with van der Waals surface area (Å²) in [4.78, 5) is 4.07. The molecule has 0 bridgehead atoms. The number of aromatic nitrogens is 3. The van der Waals surface area contributed by atoms with Crippen LogP contribution in [0.25, 0.3) is 0 Å². The van der Waals surface area contributed by atoms with Crippen molar-refractivity contribution in [3.63, 3.8) is 0 Å². The predicted octanol–water partition coefficient (Wildman–Crippen LogP) is 3.61. The highest BCUT2D eigenvalue weighted by atomic mass is 35.5. The minimum absolute atomic E-state index is 0.288. The van der Waals surface area contributed by atoms with E-state index in [0.717, 1.165) is 17.8 Å². The normalized spacial score (nSPS) is 12.7. The van der Waals surface area contributed by atoms with Crippen LogP contribution in [0.3, 0.4) is 0 Å². The SMILES string of the molecule is CCc1nn(C)c(CC(O)c2ncc(Cl)cc2Cl)c1Cl. The molecule has 2 heterocycles. The number of aryl methyl sites for hydroxylation is 2. The molecular weight excluding hydrogens is 321 g/mol. The second kappa shape index (κ2) is 6.31. The van der Waals surface area contributed by atoms with Gasteiger partial charge < -0.3 is 5.11 Å². The van der Waals surface area contributed by atoms with Gasteiger partial charge in [-0.15, -0.1) is 0 Å². The van der Waals surface area contributed by atoms with E-state index in [4.69, 9.17) is 34.8 Å². The Labute approximate surface area is 132 Å². The second-order valence-corrected chi connectivity index (χ2v) is 5.65. The maximum atomic E-state index is 10.3. The molecule has 108 valence electrons. The molecule has 0 aromatic carbocycles. The fourth-order valence-electron chi connectivity index (χ4n) is 1.99. The van der Waals surface area contributed by atoms with Gasteiger partial charge in [-0.25, -0.2) is 0 Å². The van der Waals surface area contributed by atoms with E-state index in [1.807, 2.05) is 6.92 Å². The first kappa shape index (κ1) is 15.6. The fourth-order valence-corrected chi connectivity index (χ4v) is 2.87. The highest BCUT2D eigenvalue weighted by Crippen LogP contribution is 2.29. The van der Waals surface area contributed by atoms with Crippen molar-refractivity contribution in [1.82, 2.24) is 14.8 Å². The summed E-state index contributed by atoms with van der Waals surface area (Å²) in [5.74, 6) is 0. The van der Waals surface area contributed by atoms with Crippen molar-refractivity contribution in [2.45, 2.75) is 25.9 Å². The van der Waals surface area contributed by atoms with Crippen LogP contribution in [0.4, 0.5) is 0 Å². The first-order valence-electron chi connectivity index (χ1n) is 6.13. The lowest BCUT2D eigenvalue weighted by Crippen LogP contribution is -2.09. The minimum Gasteiger partial charge on any atom is -0.386 e. The number of hydrogen-bond acceptors (Lipinski definition) is 3. The molecule has 0 aliphatic rings. The zero-order valence-electron chi connectivity index (χ0n) is 11.1. The highest BCUT2D eigenvalue weighted by molar-refractivity contribution is 6.34.